The molecule has 104 valence electrons. The van der Waals surface area contributed by atoms with Gasteiger partial charge >= 0.3 is 0 Å². The average molecular weight is 273 g/mol. The van der Waals surface area contributed by atoms with Gasteiger partial charge in [0.25, 0.3) is 5.69 Å². The smallest absolute Gasteiger partial charge is 0.269 e. The Morgan fingerprint density at radius 3 is 2.95 bits per heavy atom. The Kier molecular flexibility index (Phi) is 3.19. The second-order valence-electron chi connectivity index (χ2n) is 4.97. The maximum Gasteiger partial charge on any atom is 0.269 e. The molecule has 1 aromatic heterocycles. The quantitative estimate of drug-likeness (QED) is 0.622. The Morgan fingerprint density at radius 1 is 1.40 bits per heavy atom. The highest BCUT2D eigenvalue weighted by atomic mass is 16.6. The van der Waals surface area contributed by atoms with Crippen LogP contribution in [0.4, 0.5) is 5.69 Å². The van der Waals surface area contributed by atoms with Gasteiger partial charge in [0.2, 0.25) is 0 Å². The molecular formula is C13H15N5O2. The highest BCUT2D eigenvalue weighted by Gasteiger charge is 2.20. The Hall–Kier alpha value is -2.28. The van der Waals surface area contributed by atoms with Crippen LogP contribution in [-0.2, 0) is 26.6 Å². The normalized spacial score (nSPS) is 15.1. The molecule has 3 rings (SSSR count). The Labute approximate surface area is 116 Å². The lowest BCUT2D eigenvalue weighted by molar-refractivity contribution is -0.384. The summed E-state index contributed by atoms with van der Waals surface area (Å²) < 4.78 is 1.77. The van der Waals surface area contributed by atoms with Gasteiger partial charge in [-0.15, -0.1) is 0 Å². The molecule has 2 aromatic rings. The van der Waals surface area contributed by atoms with Crippen molar-refractivity contribution in [1.82, 2.24) is 19.7 Å². The zero-order valence-corrected chi connectivity index (χ0v) is 11.2. The van der Waals surface area contributed by atoms with E-state index >= 15 is 0 Å². The summed E-state index contributed by atoms with van der Waals surface area (Å²) in [6.07, 6.45) is 2.38. The Morgan fingerprint density at radius 2 is 2.25 bits per heavy atom. The number of hydrogen-bond acceptors (Lipinski definition) is 5. The molecule has 0 N–H and O–H groups in total. The summed E-state index contributed by atoms with van der Waals surface area (Å²) >= 11 is 0. The standard InChI is InChI=1S/C13H15N5O2/c1-16-13(14-9-15-16)8-17-5-4-10-6-12(18(19)20)3-2-11(10)7-17/h2-3,6,9H,4-5,7-8H2,1H3. The third-order valence-electron chi connectivity index (χ3n) is 3.66. The molecule has 0 spiro atoms. The van der Waals surface area contributed by atoms with Crippen molar-refractivity contribution in [1.29, 1.82) is 0 Å². The summed E-state index contributed by atoms with van der Waals surface area (Å²) in [6.45, 7) is 2.41. The Balaban J connectivity index is 1.76. The molecule has 1 aromatic carbocycles. The number of non-ortho nitro benzene ring substituents is 1. The van der Waals surface area contributed by atoms with E-state index in [1.807, 2.05) is 13.1 Å². The largest absolute Gasteiger partial charge is 0.291 e. The fourth-order valence-corrected chi connectivity index (χ4v) is 2.51. The molecular weight excluding hydrogens is 258 g/mol. The van der Waals surface area contributed by atoms with Crippen molar-refractivity contribution in [2.75, 3.05) is 6.54 Å². The third-order valence-corrected chi connectivity index (χ3v) is 3.66. The van der Waals surface area contributed by atoms with Crippen LogP contribution in [0.5, 0.6) is 0 Å². The lowest BCUT2D eigenvalue weighted by atomic mass is 9.99. The van der Waals surface area contributed by atoms with Gasteiger partial charge in [0, 0.05) is 32.3 Å². The first kappa shape index (κ1) is 12.7. The molecule has 1 aliphatic heterocycles. The molecule has 20 heavy (non-hydrogen) atoms. The van der Waals surface area contributed by atoms with Crippen LogP contribution in [0.1, 0.15) is 17.0 Å². The highest BCUT2D eigenvalue weighted by Crippen LogP contribution is 2.24. The lowest BCUT2D eigenvalue weighted by Gasteiger charge is -2.28. The summed E-state index contributed by atoms with van der Waals surface area (Å²) in [5.41, 5.74) is 2.41. The molecule has 0 unspecified atom stereocenters. The predicted octanol–water partition coefficient (Wildman–Crippen LogP) is 1.28. The zero-order valence-electron chi connectivity index (χ0n) is 11.2. The van der Waals surface area contributed by atoms with E-state index in [0.29, 0.717) is 0 Å². The predicted molar refractivity (Wildman–Crippen MR) is 71.9 cm³/mol. The summed E-state index contributed by atoms with van der Waals surface area (Å²) in [5, 5.41) is 14.8. The number of aromatic nitrogens is 3. The Bertz CT molecular complexity index is 652. The fraction of sp³-hybridized carbons (Fsp3) is 0.385. The lowest BCUT2D eigenvalue weighted by Crippen LogP contribution is -2.31. The van der Waals surface area contributed by atoms with E-state index < -0.39 is 0 Å². The minimum atomic E-state index is -0.341. The molecule has 2 heterocycles. The van der Waals surface area contributed by atoms with Crippen molar-refractivity contribution in [2.45, 2.75) is 19.5 Å². The minimum absolute atomic E-state index is 0.172. The van der Waals surface area contributed by atoms with Gasteiger partial charge < -0.3 is 0 Å². The van der Waals surface area contributed by atoms with E-state index in [-0.39, 0.29) is 10.6 Å². The zero-order chi connectivity index (χ0) is 14.1. The first-order valence-corrected chi connectivity index (χ1v) is 6.45. The van der Waals surface area contributed by atoms with Crippen LogP contribution in [0, 0.1) is 10.1 Å². The number of hydrogen-bond donors (Lipinski definition) is 0. The van der Waals surface area contributed by atoms with Crippen LogP contribution in [-0.4, -0.2) is 31.1 Å². The molecule has 0 atom stereocenters. The van der Waals surface area contributed by atoms with Gasteiger partial charge in [-0.25, -0.2) is 4.98 Å². The molecule has 0 bridgehead atoms. The second kappa shape index (κ2) is 5.01. The maximum absolute atomic E-state index is 10.8. The third kappa shape index (κ3) is 2.39. The summed E-state index contributed by atoms with van der Waals surface area (Å²) in [6, 6.07) is 5.12. The van der Waals surface area contributed by atoms with E-state index in [0.717, 1.165) is 43.0 Å². The van der Waals surface area contributed by atoms with Crippen LogP contribution in [0.15, 0.2) is 24.5 Å². The monoisotopic (exact) mass is 273 g/mol. The molecule has 0 fully saturated rings. The van der Waals surface area contributed by atoms with Crippen molar-refractivity contribution in [3.63, 3.8) is 0 Å². The minimum Gasteiger partial charge on any atom is -0.291 e. The fourth-order valence-electron chi connectivity index (χ4n) is 2.51. The summed E-state index contributed by atoms with van der Waals surface area (Å²) in [7, 11) is 1.88. The number of fused-ring (bicyclic) bond motifs is 1. The average Bonchev–Trinajstić information content (AvgIpc) is 2.83. The first-order chi connectivity index (χ1) is 9.63. The van der Waals surface area contributed by atoms with Crippen molar-refractivity contribution >= 4 is 5.69 Å². The summed E-state index contributed by atoms with van der Waals surface area (Å²) in [5.74, 6) is 0.926. The van der Waals surface area contributed by atoms with E-state index in [4.69, 9.17) is 0 Å². The van der Waals surface area contributed by atoms with E-state index in [2.05, 4.69) is 15.0 Å². The van der Waals surface area contributed by atoms with Crippen molar-refractivity contribution < 1.29 is 4.92 Å². The molecule has 0 aliphatic carbocycles. The number of rotatable bonds is 3. The second-order valence-corrected chi connectivity index (χ2v) is 4.97. The maximum atomic E-state index is 10.8. The van der Waals surface area contributed by atoms with Gasteiger partial charge in [-0.3, -0.25) is 19.7 Å². The van der Waals surface area contributed by atoms with Crippen LogP contribution in [0.3, 0.4) is 0 Å². The molecule has 7 heteroatoms. The van der Waals surface area contributed by atoms with E-state index in [1.165, 1.54) is 0 Å². The van der Waals surface area contributed by atoms with Crippen LogP contribution in [0.25, 0.3) is 0 Å². The SMILES string of the molecule is Cn1ncnc1CN1CCc2cc([N+](=O)[O-])ccc2C1. The van der Waals surface area contributed by atoms with Gasteiger partial charge in [-0.05, 0) is 17.5 Å². The molecule has 1 aliphatic rings. The van der Waals surface area contributed by atoms with Crippen molar-refractivity contribution in [3.8, 4) is 0 Å². The van der Waals surface area contributed by atoms with Crippen molar-refractivity contribution in [3.05, 3.63) is 51.6 Å². The van der Waals surface area contributed by atoms with Crippen molar-refractivity contribution in [2.24, 2.45) is 7.05 Å². The van der Waals surface area contributed by atoms with Gasteiger partial charge in [0.1, 0.15) is 12.2 Å². The van der Waals surface area contributed by atoms with E-state index in [9.17, 15) is 10.1 Å². The highest BCUT2D eigenvalue weighted by molar-refractivity contribution is 5.41. The number of nitrogens with zero attached hydrogens (tertiary/aromatic N) is 5. The molecule has 0 amide bonds. The van der Waals surface area contributed by atoms with Crippen LogP contribution in [0.2, 0.25) is 0 Å². The topological polar surface area (TPSA) is 77.1 Å². The summed E-state index contributed by atoms with van der Waals surface area (Å²) in [4.78, 5) is 16.9. The molecule has 7 nitrogen and oxygen atoms in total. The van der Waals surface area contributed by atoms with Gasteiger partial charge in [-0.1, -0.05) is 6.07 Å². The number of aryl methyl sites for hydroxylation is 1. The molecule has 0 saturated carbocycles. The number of nitro benzene ring substituents is 1. The number of nitro groups is 1. The number of benzene rings is 1. The van der Waals surface area contributed by atoms with Gasteiger partial charge in [0.05, 0.1) is 11.5 Å². The van der Waals surface area contributed by atoms with Crippen LogP contribution < -0.4 is 0 Å². The molecule has 0 radical (unpaired) electrons. The van der Waals surface area contributed by atoms with Gasteiger partial charge in [0.15, 0.2) is 0 Å². The van der Waals surface area contributed by atoms with Gasteiger partial charge in [-0.2, -0.15) is 5.10 Å². The first-order valence-electron chi connectivity index (χ1n) is 6.45. The van der Waals surface area contributed by atoms with E-state index in [1.54, 1.807) is 23.1 Å². The molecule has 0 saturated heterocycles. The van der Waals surface area contributed by atoms with Crippen LogP contribution >= 0.6 is 0 Å².